The van der Waals surface area contributed by atoms with Gasteiger partial charge in [0.05, 0.1) is 0 Å². The van der Waals surface area contributed by atoms with Crippen LogP contribution in [0.2, 0.25) is 5.02 Å². The fraction of sp³-hybridized carbons (Fsp3) is 0.571. The Bertz CT molecular complexity index is 354. The van der Waals surface area contributed by atoms with E-state index in [0.29, 0.717) is 5.41 Å². The maximum atomic E-state index is 6.57. The summed E-state index contributed by atoms with van der Waals surface area (Å²) in [6.07, 6.45) is 6.12. The van der Waals surface area contributed by atoms with Crippen molar-refractivity contribution >= 4 is 23.2 Å². The largest absolute Gasteiger partial charge is 0.122 e. The van der Waals surface area contributed by atoms with Crippen LogP contribution in [0.5, 0.6) is 0 Å². The zero-order valence-corrected chi connectivity index (χ0v) is 11.2. The highest BCUT2D eigenvalue weighted by Gasteiger charge is 2.35. The van der Waals surface area contributed by atoms with Crippen molar-refractivity contribution in [2.24, 2.45) is 5.41 Å². The summed E-state index contributed by atoms with van der Waals surface area (Å²) in [7, 11) is 0. The van der Waals surface area contributed by atoms with Crippen LogP contribution >= 0.6 is 23.2 Å². The molecule has 1 atom stereocenters. The minimum absolute atomic E-state index is 0.230. The van der Waals surface area contributed by atoms with E-state index in [1.807, 2.05) is 18.2 Å². The molecule has 2 heteroatoms. The molecule has 0 aliphatic heterocycles. The molecule has 0 nitrogen and oxygen atoms in total. The smallest absolute Gasteiger partial charge is 0.0430 e. The Balaban J connectivity index is 2.04. The molecule has 1 aromatic carbocycles. The van der Waals surface area contributed by atoms with Crippen molar-refractivity contribution in [1.29, 1.82) is 0 Å². The van der Waals surface area contributed by atoms with E-state index in [1.165, 1.54) is 31.2 Å². The van der Waals surface area contributed by atoms with Crippen molar-refractivity contribution in [3.8, 4) is 0 Å². The predicted molar refractivity (Wildman–Crippen MR) is 71.4 cm³/mol. The summed E-state index contributed by atoms with van der Waals surface area (Å²) in [5.41, 5.74) is 1.57. The van der Waals surface area contributed by atoms with Gasteiger partial charge in [-0.3, -0.25) is 0 Å². The van der Waals surface area contributed by atoms with Gasteiger partial charge in [-0.25, -0.2) is 0 Å². The number of halogens is 2. The lowest BCUT2D eigenvalue weighted by Gasteiger charge is -2.29. The van der Waals surface area contributed by atoms with Gasteiger partial charge in [0, 0.05) is 10.4 Å². The van der Waals surface area contributed by atoms with Gasteiger partial charge in [-0.2, -0.15) is 0 Å². The molecular formula is C14H18Cl2. The third-order valence-corrected chi connectivity index (χ3v) is 4.72. The summed E-state index contributed by atoms with van der Waals surface area (Å²) in [5.74, 6) is 0. The average molecular weight is 257 g/mol. The third kappa shape index (κ3) is 2.73. The monoisotopic (exact) mass is 256 g/mol. The van der Waals surface area contributed by atoms with E-state index < -0.39 is 0 Å². The molecule has 1 aliphatic carbocycles. The van der Waals surface area contributed by atoms with Crippen molar-refractivity contribution < 1.29 is 0 Å². The maximum absolute atomic E-state index is 6.57. The van der Waals surface area contributed by atoms with E-state index in [2.05, 4.69) is 13.0 Å². The molecule has 0 spiro atoms. The third-order valence-electron chi connectivity index (χ3n) is 3.81. The van der Waals surface area contributed by atoms with Crippen LogP contribution in [0.15, 0.2) is 24.3 Å². The van der Waals surface area contributed by atoms with Gasteiger partial charge in [0.1, 0.15) is 0 Å². The Morgan fingerprint density at radius 2 is 2.00 bits per heavy atom. The first-order valence-corrected chi connectivity index (χ1v) is 6.80. The van der Waals surface area contributed by atoms with Gasteiger partial charge in [0.25, 0.3) is 0 Å². The molecule has 0 saturated heterocycles. The van der Waals surface area contributed by atoms with Crippen LogP contribution < -0.4 is 0 Å². The highest BCUT2D eigenvalue weighted by atomic mass is 35.5. The van der Waals surface area contributed by atoms with Crippen LogP contribution in [-0.4, -0.2) is 5.38 Å². The van der Waals surface area contributed by atoms with E-state index >= 15 is 0 Å². The number of benzene rings is 1. The molecule has 0 aromatic heterocycles. The fourth-order valence-corrected chi connectivity index (χ4v) is 3.22. The number of hydrogen-bond donors (Lipinski definition) is 0. The fourth-order valence-electron chi connectivity index (χ4n) is 2.61. The van der Waals surface area contributed by atoms with Gasteiger partial charge in [0.2, 0.25) is 0 Å². The lowest BCUT2D eigenvalue weighted by atomic mass is 9.82. The van der Waals surface area contributed by atoms with E-state index in [9.17, 15) is 0 Å². The quantitative estimate of drug-likeness (QED) is 0.663. The van der Waals surface area contributed by atoms with Crippen molar-refractivity contribution in [3.63, 3.8) is 0 Å². The van der Waals surface area contributed by atoms with Crippen LogP contribution in [0.1, 0.15) is 38.2 Å². The maximum Gasteiger partial charge on any atom is 0.0430 e. The second-order valence-electron chi connectivity index (χ2n) is 5.16. The molecule has 88 valence electrons. The molecule has 0 radical (unpaired) electrons. The van der Waals surface area contributed by atoms with E-state index in [4.69, 9.17) is 23.2 Å². The van der Waals surface area contributed by atoms with Gasteiger partial charge in [-0.1, -0.05) is 43.5 Å². The van der Waals surface area contributed by atoms with E-state index in [0.717, 1.165) is 11.4 Å². The van der Waals surface area contributed by atoms with E-state index in [1.54, 1.807) is 0 Å². The molecule has 0 amide bonds. The summed E-state index contributed by atoms with van der Waals surface area (Å²) in [6.45, 7) is 2.32. The number of rotatable bonds is 3. The van der Waals surface area contributed by atoms with Crippen molar-refractivity contribution in [3.05, 3.63) is 34.9 Å². The summed E-state index contributed by atoms with van der Waals surface area (Å²) in [6, 6.07) is 8.04. The minimum atomic E-state index is 0.230. The van der Waals surface area contributed by atoms with Crippen LogP contribution in [0.25, 0.3) is 0 Å². The molecular weight excluding hydrogens is 239 g/mol. The van der Waals surface area contributed by atoms with E-state index in [-0.39, 0.29) is 5.38 Å². The highest BCUT2D eigenvalue weighted by molar-refractivity contribution is 6.30. The molecule has 0 heterocycles. The van der Waals surface area contributed by atoms with Gasteiger partial charge in [-0.15, -0.1) is 11.6 Å². The zero-order chi connectivity index (χ0) is 11.6. The Morgan fingerprint density at radius 3 is 2.62 bits per heavy atom. The average Bonchev–Trinajstić information content (AvgIpc) is 2.66. The standard InChI is InChI=1S/C14H18Cl2/c1-14(7-2-3-8-14)13(16)10-11-5-4-6-12(15)9-11/h4-6,9,13H,2-3,7-8,10H2,1H3. The van der Waals surface area contributed by atoms with Gasteiger partial charge < -0.3 is 0 Å². The molecule has 1 fully saturated rings. The normalized spacial score (nSPS) is 20.9. The van der Waals surface area contributed by atoms with Crippen LogP contribution in [0.3, 0.4) is 0 Å². The number of hydrogen-bond acceptors (Lipinski definition) is 0. The Morgan fingerprint density at radius 1 is 1.31 bits per heavy atom. The van der Waals surface area contributed by atoms with Crippen molar-refractivity contribution in [2.45, 2.75) is 44.4 Å². The lowest BCUT2D eigenvalue weighted by Crippen LogP contribution is -2.26. The Hall–Kier alpha value is -0.200. The summed E-state index contributed by atoms with van der Waals surface area (Å²) >= 11 is 12.6. The topological polar surface area (TPSA) is 0 Å². The first-order chi connectivity index (χ1) is 7.60. The first kappa shape index (κ1) is 12.3. The lowest BCUT2D eigenvalue weighted by molar-refractivity contribution is 0.316. The minimum Gasteiger partial charge on any atom is -0.122 e. The molecule has 0 N–H and O–H groups in total. The Kier molecular flexibility index (Phi) is 3.81. The highest BCUT2D eigenvalue weighted by Crippen LogP contribution is 2.44. The van der Waals surface area contributed by atoms with Crippen LogP contribution in [-0.2, 0) is 6.42 Å². The van der Waals surface area contributed by atoms with Crippen molar-refractivity contribution in [2.75, 3.05) is 0 Å². The van der Waals surface area contributed by atoms with Crippen LogP contribution in [0, 0.1) is 5.41 Å². The summed E-state index contributed by atoms with van der Waals surface area (Å²) in [4.78, 5) is 0. The second-order valence-corrected chi connectivity index (χ2v) is 6.13. The molecule has 16 heavy (non-hydrogen) atoms. The van der Waals surface area contributed by atoms with Gasteiger partial charge in [0.15, 0.2) is 0 Å². The summed E-state index contributed by atoms with van der Waals surface area (Å²) < 4.78 is 0. The van der Waals surface area contributed by atoms with Crippen molar-refractivity contribution in [1.82, 2.24) is 0 Å². The first-order valence-electron chi connectivity index (χ1n) is 5.99. The molecule has 1 aliphatic rings. The van der Waals surface area contributed by atoms with Crippen LogP contribution in [0.4, 0.5) is 0 Å². The van der Waals surface area contributed by atoms with Gasteiger partial charge in [-0.05, 0) is 42.4 Å². The Labute approximate surface area is 108 Å². The summed E-state index contributed by atoms with van der Waals surface area (Å²) in [5, 5.41) is 1.03. The SMILES string of the molecule is CC1(C(Cl)Cc2cccc(Cl)c2)CCCC1. The van der Waals surface area contributed by atoms with Gasteiger partial charge >= 0.3 is 0 Å². The second kappa shape index (κ2) is 4.98. The predicted octanol–water partition coefficient (Wildman–Crippen LogP) is 5.07. The molecule has 2 rings (SSSR count). The zero-order valence-electron chi connectivity index (χ0n) is 9.68. The number of alkyl halides is 1. The molecule has 1 aromatic rings. The molecule has 1 unspecified atom stereocenters. The molecule has 1 saturated carbocycles. The molecule has 0 bridgehead atoms.